The molecule has 15 heavy (non-hydrogen) atoms. The van der Waals surface area contributed by atoms with Gasteiger partial charge in [0.1, 0.15) is 0 Å². The molecule has 82 valence electrons. The summed E-state index contributed by atoms with van der Waals surface area (Å²) in [5.74, 6) is 1.60. The van der Waals surface area contributed by atoms with Gasteiger partial charge in [0.25, 0.3) is 0 Å². The topological polar surface area (TPSA) is 31.4 Å². The van der Waals surface area contributed by atoms with Crippen LogP contribution in [0.3, 0.4) is 0 Å². The van der Waals surface area contributed by atoms with Crippen molar-refractivity contribution in [3.05, 3.63) is 16.0 Å². The minimum atomic E-state index is 0.145. The molecule has 1 heterocycles. The van der Waals surface area contributed by atoms with E-state index >= 15 is 0 Å². The molecule has 0 unspecified atom stereocenters. The van der Waals surface area contributed by atoms with Gasteiger partial charge in [-0.15, -0.1) is 0 Å². The van der Waals surface area contributed by atoms with Gasteiger partial charge >= 0.3 is 0 Å². The number of ether oxygens (including phenoxy) is 2. The van der Waals surface area contributed by atoms with Crippen molar-refractivity contribution in [1.82, 2.24) is 4.98 Å². The van der Waals surface area contributed by atoms with Crippen LogP contribution >= 0.6 is 22.6 Å². The lowest BCUT2D eigenvalue weighted by atomic mass is 10.4. The molecule has 3 nitrogen and oxygen atoms in total. The summed E-state index contributed by atoms with van der Waals surface area (Å²) in [5, 5.41) is 0. The van der Waals surface area contributed by atoms with Crippen LogP contribution < -0.4 is 9.47 Å². The molecule has 1 fully saturated rings. The summed E-state index contributed by atoms with van der Waals surface area (Å²) in [6, 6.07) is 0. The highest BCUT2D eigenvalue weighted by atomic mass is 127. The second-order valence-corrected chi connectivity index (χ2v) is 5.09. The molecule has 0 aliphatic heterocycles. The van der Waals surface area contributed by atoms with Crippen LogP contribution in [0.4, 0.5) is 0 Å². The van der Waals surface area contributed by atoms with E-state index < -0.39 is 0 Å². The van der Waals surface area contributed by atoms with Crippen molar-refractivity contribution in [2.24, 2.45) is 0 Å². The van der Waals surface area contributed by atoms with Gasteiger partial charge in [-0.1, -0.05) is 0 Å². The minimum absolute atomic E-state index is 0.145. The van der Waals surface area contributed by atoms with Gasteiger partial charge < -0.3 is 9.47 Å². The van der Waals surface area contributed by atoms with Gasteiger partial charge in [0.2, 0.25) is 0 Å². The van der Waals surface area contributed by atoms with Gasteiger partial charge in [-0.25, -0.2) is 0 Å². The maximum absolute atomic E-state index is 5.82. The predicted octanol–water partition coefficient (Wildman–Crippen LogP) is 3.01. The van der Waals surface area contributed by atoms with Crippen molar-refractivity contribution in [3.63, 3.8) is 0 Å². The zero-order valence-corrected chi connectivity index (χ0v) is 11.0. The summed E-state index contributed by atoms with van der Waals surface area (Å²) in [7, 11) is 0. The molecule has 1 aromatic heterocycles. The Balaban J connectivity index is 2.21. The van der Waals surface area contributed by atoms with E-state index in [1.807, 2.05) is 13.8 Å². The molecule has 0 radical (unpaired) electrons. The normalized spacial score (nSPS) is 15.5. The fraction of sp³-hybridized carbons (Fsp3) is 0.545. The molecule has 0 amide bonds. The van der Waals surface area contributed by atoms with Crippen LogP contribution in [-0.2, 0) is 0 Å². The van der Waals surface area contributed by atoms with Crippen molar-refractivity contribution in [2.75, 3.05) is 0 Å². The SMILES string of the molecule is CC(C)Oc1cncc(I)c1OC1CC1. The van der Waals surface area contributed by atoms with Crippen LogP contribution in [0.1, 0.15) is 26.7 Å². The minimum Gasteiger partial charge on any atom is -0.485 e. The Labute approximate surface area is 103 Å². The zero-order chi connectivity index (χ0) is 10.8. The lowest BCUT2D eigenvalue weighted by molar-refractivity contribution is 0.215. The van der Waals surface area contributed by atoms with E-state index in [0.717, 1.165) is 27.9 Å². The monoisotopic (exact) mass is 319 g/mol. The molecule has 0 bridgehead atoms. The fourth-order valence-corrected chi connectivity index (χ4v) is 1.76. The number of rotatable bonds is 4. The summed E-state index contributed by atoms with van der Waals surface area (Å²) in [5.41, 5.74) is 0. The quantitative estimate of drug-likeness (QED) is 0.800. The lowest BCUT2D eigenvalue weighted by Crippen LogP contribution is -2.09. The van der Waals surface area contributed by atoms with Crippen LogP contribution in [0.25, 0.3) is 0 Å². The first kappa shape index (κ1) is 11.0. The van der Waals surface area contributed by atoms with Crippen LogP contribution in [0, 0.1) is 3.57 Å². The molecule has 0 spiro atoms. The molecule has 1 aliphatic carbocycles. The summed E-state index contributed by atoms with van der Waals surface area (Å²) in [4.78, 5) is 4.11. The van der Waals surface area contributed by atoms with E-state index in [1.54, 1.807) is 12.4 Å². The molecule has 2 rings (SSSR count). The first-order valence-corrected chi connectivity index (χ1v) is 6.21. The van der Waals surface area contributed by atoms with E-state index in [-0.39, 0.29) is 6.10 Å². The first-order chi connectivity index (χ1) is 7.16. The van der Waals surface area contributed by atoms with Gasteiger partial charge in [0, 0.05) is 6.20 Å². The number of aromatic nitrogens is 1. The summed E-state index contributed by atoms with van der Waals surface area (Å²) < 4.78 is 12.5. The first-order valence-electron chi connectivity index (χ1n) is 5.13. The third-order valence-electron chi connectivity index (χ3n) is 1.99. The van der Waals surface area contributed by atoms with Gasteiger partial charge in [0.15, 0.2) is 11.5 Å². The molecule has 0 aromatic carbocycles. The Morgan fingerprint density at radius 2 is 2.13 bits per heavy atom. The second-order valence-electron chi connectivity index (χ2n) is 3.93. The maximum atomic E-state index is 5.82. The Bertz CT molecular complexity index is 350. The molecule has 0 atom stereocenters. The number of hydrogen-bond donors (Lipinski definition) is 0. The summed E-state index contributed by atoms with van der Waals surface area (Å²) >= 11 is 2.23. The third kappa shape index (κ3) is 2.96. The van der Waals surface area contributed by atoms with Gasteiger partial charge in [0.05, 0.1) is 22.0 Å². The Hall–Kier alpha value is -0.520. The Morgan fingerprint density at radius 1 is 1.40 bits per heavy atom. The highest BCUT2D eigenvalue weighted by molar-refractivity contribution is 14.1. The lowest BCUT2D eigenvalue weighted by Gasteiger charge is -2.15. The van der Waals surface area contributed by atoms with E-state index in [2.05, 4.69) is 27.6 Å². The van der Waals surface area contributed by atoms with Crippen molar-refractivity contribution in [1.29, 1.82) is 0 Å². The average molecular weight is 319 g/mol. The molecular formula is C11H14INO2. The summed E-state index contributed by atoms with van der Waals surface area (Å²) in [6.07, 6.45) is 6.35. The van der Waals surface area contributed by atoms with E-state index in [0.29, 0.717) is 6.10 Å². The van der Waals surface area contributed by atoms with Crippen molar-refractivity contribution < 1.29 is 9.47 Å². The van der Waals surface area contributed by atoms with Gasteiger partial charge in [-0.2, -0.15) is 0 Å². The van der Waals surface area contributed by atoms with Crippen LogP contribution in [0.2, 0.25) is 0 Å². The van der Waals surface area contributed by atoms with Crippen molar-refractivity contribution in [2.45, 2.75) is 38.9 Å². The molecule has 1 aliphatic rings. The fourth-order valence-electron chi connectivity index (χ4n) is 1.21. The van der Waals surface area contributed by atoms with Crippen LogP contribution in [-0.4, -0.2) is 17.2 Å². The number of halogens is 1. The van der Waals surface area contributed by atoms with E-state index in [1.165, 1.54) is 0 Å². The molecule has 0 N–H and O–H groups in total. The number of hydrogen-bond acceptors (Lipinski definition) is 3. The molecular weight excluding hydrogens is 305 g/mol. The van der Waals surface area contributed by atoms with E-state index in [4.69, 9.17) is 9.47 Å². The van der Waals surface area contributed by atoms with Crippen molar-refractivity contribution in [3.8, 4) is 11.5 Å². The Morgan fingerprint density at radius 3 is 2.73 bits per heavy atom. The average Bonchev–Trinajstić information content (AvgIpc) is 2.94. The number of pyridine rings is 1. The molecule has 1 saturated carbocycles. The van der Waals surface area contributed by atoms with Crippen LogP contribution in [0.15, 0.2) is 12.4 Å². The molecule has 1 aromatic rings. The van der Waals surface area contributed by atoms with Crippen molar-refractivity contribution >= 4 is 22.6 Å². The molecule has 4 heteroatoms. The van der Waals surface area contributed by atoms with Gasteiger partial charge in [-0.3, -0.25) is 4.98 Å². The largest absolute Gasteiger partial charge is 0.485 e. The van der Waals surface area contributed by atoms with Crippen LogP contribution in [0.5, 0.6) is 11.5 Å². The standard InChI is InChI=1S/C11H14INO2/c1-7(2)14-10-6-13-5-9(12)11(10)15-8-3-4-8/h5-8H,3-4H2,1-2H3. The predicted molar refractivity (Wildman–Crippen MR) is 66.4 cm³/mol. The van der Waals surface area contributed by atoms with Gasteiger partial charge in [-0.05, 0) is 49.3 Å². The Kier molecular flexibility index (Phi) is 3.33. The highest BCUT2D eigenvalue weighted by Gasteiger charge is 2.26. The molecule has 0 saturated heterocycles. The zero-order valence-electron chi connectivity index (χ0n) is 8.87. The summed E-state index contributed by atoms with van der Waals surface area (Å²) in [6.45, 7) is 4.00. The smallest absolute Gasteiger partial charge is 0.180 e. The second kappa shape index (κ2) is 4.55. The third-order valence-corrected chi connectivity index (χ3v) is 2.76. The maximum Gasteiger partial charge on any atom is 0.180 e. The highest BCUT2D eigenvalue weighted by Crippen LogP contribution is 2.36. The van der Waals surface area contributed by atoms with E-state index in [9.17, 15) is 0 Å². The number of nitrogens with zero attached hydrogens (tertiary/aromatic N) is 1.